The Labute approximate surface area is 42.9 Å². The molecule has 0 rings (SSSR count). The Hall–Kier alpha value is 0.250. The van der Waals surface area contributed by atoms with Gasteiger partial charge in [0.1, 0.15) is 0 Å². The summed E-state index contributed by atoms with van der Waals surface area (Å²) >= 11 is 5.12. The van der Waals surface area contributed by atoms with E-state index in [1.165, 1.54) is 5.88 Å². The first-order valence-corrected chi connectivity index (χ1v) is 2.35. The van der Waals surface area contributed by atoms with Crippen LogP contribution in [0, 0.1) is 5.88 Å². The number of rotatable bonds is 3. The Morgan fingerprint density at radius 1 is 1.67 bits per heavy atom. The number of hydrogen-bond donors (Lipinski definition) is 0. The highest BCUT2D eigenvalue weighted by molar-refractivity contribution is 6.23. The summed E-state index contributed by atoms with van der Waals surface area (Å²) in [6, 6.07) is 0. The van der Waals surface area contributed by atoms with Crippen LogP contribution in [0.5, 0.6) is 0 Å². The van der Waals surface area contributed by atoms with E-state index in [0.29, 0.717) is 6.42 Å². The van der Waals surface area contributed by atoms with E-state index < -0.39 is 0 Å². The molecule has 0 fully saturated rings. The fourth-order valence-electron chi connectivity index (χ4n) is 0.160. The molecule has 0 aromatic carbocycles. The van der Waals surface area contributed by atoms with Gasteiger partial charge in [0.2, 0.25) is 0 Å². The maximum absolute atomic E-state index is 9.61. The summed E-state index contributed by atoms with van der Waals surface area (Å²) in [5, 5.41) is 9.61. The summed E-state index contributed by atoms with van der Waals surface area (Å²) in [4.78, 5) is 0. The highest BCUT2D eigenvalue weighted by Crippen LogP contribution is 1.94. The van der Waals surface area contributed by atoms with Crippen LogP contribution in [0.1, 0.15) is 12.8 Å². The van der Waals surface area contributed by atoms with E-state index in [1.807, 2.05) is 0 Å². The first-order valence-electron chi connectivity index (χ1n) is 1.92. The molecule has 0 aliphatic heterocycles. The van der Waals surface area contributed by atoms with Crippen molar-refractivity contribution in [3.63, 3.8) is 0 Å². The third-order valence-corrected chi connectivity index (χ3v) is 0.676. The topological polar surface area (TPSA) is 19.9 Å². The number of halogens is 1. The Bertz CT molecular complexity index is 19.5. The van der Waals surface area contributed by atoms with Crippen LogP contribution in [0.2, 0.25) is 0 Å². The highest BCUT2D eigenvalue weighted by atomic mass is 35.5. The molecule has 0 aliphatic rings. The Kier molecular flexibility index (Phi) is 5.47. The van der Waals surface area contributed by atoms with Crippen LogP contribution in [0.3, 0.4) is 0 Å². The fraction of sp³-hybridized carbons (Fsp3) is 0.750. The molecule has 0 aromatic heterocycles. The highest BCUT2D eigenvalue weighted by Gasteiger charge is 1.79. The van der Waals surface area contributed by atoms with Crippen LogP contribution >= 0.6 is 11.6 Å². The van der Waals surface area contributed by atoms with Gasteiger partial charge in [0.15, 0.2) is 0 Å². The number of hydrogen-bond acceptors (Lipinski definition) is 0. The second-order valence-corrected chi connectivity index (χ2v) is 1.31. The van der Waals surface area contributed by atoms with Crippen molar-refractivity contribution in [2.24, 2.45) is 0 Å². The zero-order valence-electron chi connectivity index (χ0n) is 3.48. The van der Waals surface area contributed by atoms with Crippen molar-refractivity contribution in [1.29, 1.82) is 0 Å². The summed E-state index contributed by atoms with van der Waals surface area (Å²) < 4.78 is 0. The van der Waals surface area contributed by atoms with Gasteiger partial charge in [-0.15, -0.1) is 11.6 Å². The van der Waals surface area contributed by atoms with Crippen molar-refractivity contribution in [2.75, 3.05) is 6.61 Å². The molecule has 36 valence electrons. The minimum absolute atomic E-state index is 0.0107. The van der Waals surface area contributed by atoms with E-state index in [0.717, 1.165) is 6.42 Å². The SMILES string of the molecule is [O]CCC[CH]Cl. The molecular formula is C4H7ClO. The standard InChI is InChI=1S/C4H7ClO/c5-3-1-2-4-6/h3H,1-2,4H2. The van der Waals surface area contributed by atoms with Crippen molar-refractivity contribution in [1.82, 2.24) is 0 Å². The molecular weight excluding hydrogens is 99.5 g/mol. The molecule has 0 bridgehead atoms. The van der Waals surface area contributed by atoms with E-state index in [4.69, 9.17) is 11.6 Å². The zero-order valence-corrected chi connectivity index (χ0v) is 4.24. The predicted molar refractivity (Wildman–Crippen MR) is 24.9 cm³/mol. The fourth-order valence-corrected chi connectivity index (χ4v) is 0.315. The molecule has 6 heavy (non-hydrogen) atoms. The van der Waals surface area contributed by atoms with Crippen molar-refractivity contribution < 1.29 is 5.11 Å². The molecule has 0 saturated carbocycles. The molecule has 0 aromatic rings. The zero-order chi connectivity index (χ0) is 4.83. The van der Waals surface area contributed by atoms with Gasteiger partial charge in [0.05, 0.1) is 12.5 Å². The van der Waals surface area contributed by atoms with E-state index >= 15 is 0 Å². The van der Waals surface area contributed by atoms with Crippen LogP contribution in [0.4, 0.5) is 0 Å². The average molecular weight is 107 g/mol. The quantitative estimate of drug-likeness (QED) is 0.487. The van der Waals surface area contributed by atoms with Crippen molar-refractivity contribution in [3.05, 3.63) is 5.88 Å². The maximum atomic E-state index is 9.61. The van der Waals surface area contributed by atoms with Gasteiger partial charge in [-0.1, -0.05) is 0 Å². The van der Waals surface area contributed by atoms with Crippen molar-refractivity contribution in [2.45, 2.75) is 12.8 Å². The average Bonchev–Trinajstić information content (AvgIpc) is 1.61. The largest absolute Gasteiger partial charge is 0.237 e. The van der Waals surface area contributed by atoms with Crippen LogP contribution < -0.4 is 0 Å². The van der Waals surface area contributed by atoms with Gasteiger partial charge < -0.3 is 0 Å². The Morgan fingerprint density at radius 3 is 2.50 bits per heavy atom. The van der Waals surface area contributed by atoms with Crippen LogP contribution in [-0.4, -0.2) is 6.61 Å². The minimum atomic E-state index is -0.0107. The molecule has 0 spiro atoms. The van der Waals surface area contributed by atoms with Gasteiger partial charge in [-0.2, -0.15) is 0 Å². The molecule has 0 N–H and O–H groups in total. The molecule has 2 heteroatoms. The summed E-state index contributed by atoms with van der Waals surface area (Å²) in [6.07, 6.45) is 1.41. The normalized spacial score (nSPS) is 9.00. The van der Waals surface area contributed by atoms with Gasteiger partial charge in [0.25, 0.3) is 0 Å². The first-order chi connectivity index (χ1) is 2.91. The van der Waals surface area contributed by atoms with Crippen molar-refractivity contribution in [3.8, 4) is 0 Å². The van der Waals surface area contributed by atoms with Crippen LogP contribution in [-0.2, 0) is 5.11 Å². The van der Waals surface area contributed by atoms with Gasteiger partial charge in [-0.25, -0.2) is 5.11 Å². The molecule has 0 aliphatic carbocycles. The van der Waals surface area contributed by atoms with Crippen LogP contribution in [0.25, 0.3) is 0 Å². The third kappa shape index (κ3) is 4.25. The molecule has 0 amide bonds. The van der Waals surface area contributed by atoms with E-state index in [9.17, 15) is 5.11 Å². The molecule has 0 saturated heterocycles. The second-order valence-electron chi connectivity index (χ2n) is 1.00. The van der Waals surface area contributed by atoms with E-state index in [2.05, 4.69) is 0 Å². The lowest BCUT2D eigenvalue weighted by atomic mass is 10.4. The molecule has 0 heterocycles. The minimum Gasteiger partial charge on any atom is -0.237 e. The predicted octanol–water partition coefficient (Wildman–Crippen LogP) is 1.60. The van der Waals surface area contributed by atoms with Gasteiger partial charge in [-0.05, 0) is 12.8 Å². The summed E-state index contributed by atoms with van der Waals surface area (Å²) in [5.74, 6) is 1.48. The lowest BCUT2D eigenvalue weighted by Gasteiger charge is -1.82. The monoisotopic (exact) mass is 106 g/mol. The van der Waals surface area contributed by atoms with Gasteiger partial charge in [0, 0.05) is 0 Å². The summed E-state index contributed by atoms with van der Waals surface area (Å²) in [7, 11) is 0. The third-order valence-electron chi connectivity index (χ3n) is 0.458. The molecule has 0 unspecified atom stereocenters. The van der Waals surface area contributed by atoms with E-state index in [-0.39, 0.29) is 6.61 Å². The number of unbranched alkanes of at least 4 members (excludes halogenated alkanes) is 1. The smallest absolute Gasteiger partial charge is 0.0822 e. The van der Waals surface area contributed by atoms with Crippen molar-refractivity contribution >= 4 is 11.6 Å². The summed E-state index contributed by atoms with van der Waals surface area (Å²) in [5.41, 5.74) is 0. The lowest BCUT2D eigenvalue weighted by molar-refractivity contribution is 0.189. The van der Waals surface area contributed by atoms with E-state index in [1.54, 1.807) is 0 Å². The summed E-state index contributed by atoms with van der Waals surface area (Å²) in [6.45, 7) is -0.0107. The second kappa shape index (κ2) is 5.25. The first kappa shape index (κ1) is 6.25. The maximum Gasteiger partial charge on any atom is 0.0822 e. The molecule has 0 atom stereocenters. The molecule has 1 nitrogen and oxygen atoms in total. The molecule has 2 radical (unpaired) electrons. The van der Waals surface area contributed by atoms with Crippen LogP contribution in [0.15, 0.2) is 0 Å². The lowest BCUT2D eigenvalue weighted by Crippen LogP contribution is -1.75. The van der Waals surface area contributed by atoms with Gasteiger partial charge in [-0.3, -0.25) is 0 Å². The Balaban J connectivity index is 2.34. The van der Waals surface area contributed by atoms with Gasteiger partial charge >= 0.3 is 0 Å². The Morgan fingerprint density at radius 2 is 2.33 bits per heavy atom.